The molecule has 0 aromatic heterocycles. The number of hydrogen-bond acceptors (Lipinski definition) is 2. The summed E-state index contributed by atoms with van der Waals surface area (Å²) in [5.41, 5.74) is 0. The number of hydrogen-bond donors (Lipinski definition) is 0. The van der Waals surface area contributed by atoms with Crippen LogP contribution in [0.1, 0.15) is 19.8 Å². The summed E-state index contributed by atoms with van der Waals surface area (Å²) in [6.45, 7) is 2.43. The van der Waals surface area contributed by atoms with Gasteiger partial charge in [-0.1, -0.05) is 22.9 Å². The van der Waals surface area contributed by atoms with E-state index < -0.39 is 10.0 Å². The van der Waals surface area contributed by atoms with Crippen molar-refractivity contribution in [1.82, 2.24) is 4.31 Å². The van der Waals surface area contributed by atoms with Crippen LogP contribution in [0.5, 0.6) is 0 Å². The highest BCUT2D eigenvalue weighted by Gasteiger charge is 2.36. The summed E-state index contributed by atoms with van der Waals surface area (Å²) < 4.78 is 27.0. The Bertz CT molecular complexity index is 465. The van der Waals surface area contributed by atoms with Crippen molar-refractivity contribution in [3.05, 3.63) is 28.7 Å². The lowest BCUT2D eigenvalue weighted by Gasteiger charge is -2.19. The van der Waals surface area contributed by atoms with Gasteiger partial charge in [0, 0.05) is 17.1 Å². The molecule has 0 amide bonds. The second-order valence-corrected chi connectivity index (χ2v) is 6.70. The minimum Gasteiger partial charge on any atom is -0.207 e. The highest BCUT2D eigenvalue weighted by Crippen LogP contribution is 2.31. The highest BCUT2D eigenvalue weighted by atomic mass is 79.9. The summed E-state index contributed by atoms with van der Waals surface area (Å²) in [5, 5.41) is 0. The Labute approximate surface area is 105 Å². The summed E-state index contributed by atoms with van der Waals surface area (Å²) in [6, 6.07) is 7.02. The molecule has 5 heteroatoms. The first-order valence-electron chi connectivity index (χ1n) is 5.33. The molecule has 0 atom stereocenters. The van der Waals surface area contributed by atoms with E-state index >= 15 is 0 Å². The zero-order chi connectivity index (χ0) is 11.8. The van der Waals surface area contributed by atoms with Crippen LogP contribution in [0.2, 0.25) is 0 Å². The minimum atomic E-state index is -3.29. The van der Waals surface area contributed by atoms with Crippen molar-refractivity contribution in [2.45, 2.75) is 30.7 Å². The van der Waals surface area contributed by atoms with Crippen molar-refractivity contribution < 1.29 is 8.42 Å². The van der Waals surface area contributed by atoms with E-state index in [4.69, 9.17) is 0 Å². The first kappa shape index (κ1) is 12.1. The van der Waals surface area contributed by atoms with E-state index in [1.165, 1.54) is 0 Å². The van der Waals surface area contributed by atoms with Crippen LogP contribution >= 0.6 is 15.9 Å². The molecule has 88 valence electrons. The molecule has 0 bridgehead atoms. The van der Waals surface area contributed by atoms with Crippen molar-refractivity contribution in [2.75, 3.05) is 6.54 Å². The Morgan fingerprint density at radius 3 is 2.31 bits per heavy atom. The molecule has 3 nitrogen and oxygen atoms in total. The lowest BCUT2D eigenvalue weighted by atomic mass is 10.4. The molecule has 1 aliphatic carbocycles. The Balaban J connectivity index is 2.33. The molecule has 0 heterocycles. The van der Waals surface area contributed by atoms with E-state index in [1.54, 1.807) is 28.6 Å². The summed E-state index contributed by atoms with van der Waals surface area (Å²) in [7, 11) is -3.29. The van der Waals surface area contributed by atoms with Crippen molar-refractivity contribution in [3.8, 4) is 0 Å². The third kappa shape index (κ3) is 2.31. The van der Waals surface area contributed by atoms with Crippen LogP contribution in [0.3, 0.4) is 0 Å². The molecule has 16 heavy (non-hydrogen) atoms. The van der Waals surface area contributed by atoms with E-state index in [2.05, 4.69) is 15.9 Å². The molecular formula is C11H14BrNO2S. The van der Waals surface area contributed by atoms with E-state index in [1.807, 2.05) is 6.92 Å². The fourth-order valence-electron chi connectivity index (χ4n) is 1.73. The highest BCUT2D eigenvalue weighted by molar-refractivity contribution is 9.10. The van der Waals surface area contributed by atoms with Crippen LogP contribution < -0.4 is 0 Å². The molecule has 1 aromatic rings. The average Bonchev–Trinajstić information content (AvgIpc) is 3.03. The summed E-state index contributed by atoms with van der Waals surface area (Å²) in [4.78, 5) is 0.379. The van der Waals surface area contributed by atoms with Crippen LogP contribution in [0.4, 0.5) is 0 Å². The van der Waals surface area contributed by atoms with Crippen LogP contribution in [-0.2, 0) is 10.0 Å². The maximum atomic E-state index is 12.3. The van der Waals surface area contributed by atoms with Gasteiger partial charge in [-0.3, -0.25) is 0 Å². The number of rotatable bonds is 4. The number of sulfonamides is 1. The van der Waals surface area contributed by atoms with Crippen LogP contribution in [0, 0.1) is 0 Å². The molecule has 0 saturated heterocycles. The molecule has 1 fully saturated rings. The molecule has 0 spiro atoms. The SMILES string of the molecule is CCN(C1CC1)S(=O)(=O)c1ccc(Br)cc1. The molecular weight excluding hydrogens is 290 g/mol. The quantitative estimate of drug-likeness (QED) is 0.857. The van der Waals surface area contributed by atoms with E-state index in [0.29, 0.717) is 11.4 Å². The average molecular weight is 304 g/mol. The Morgan fingerprint density at radius 1 is 1.31 bits per heavy atom. The third-order valence-corrected chi connectivity index (χ3v) is 5.26. The van der Waals surface area contributed by atoms with Gasteiger partial charge in [-0.2, -0.15) is 4.31 Å². The molecule has 1 saturated carbocycles. The Kier molecular flexibility index (Phi) is 3.37. The first-order valence-corrected chi connectivity index (χ1v) is 7.56. The molecule has 1 aromatic carbocycles. The number of halogens is 1. The topological polar surface area (TPSA) is 37.4 Å². The van der Waals surface area contributed by atoms with Gasteiger partial charge in [0.25, 0.3) is 0 Å². The van der Waals surface area contributed by atoms with Gasteiger partial charge in [-0.25, -0.2) is 8.42 Å². The molecule has 0 radical (unpaired) electrons. The minimum absolute atomic E-state index is 0.221. The van der Waals surface area contributed by atoms with E-state index in [-0.39, 0.29) is 6.04 Å². The first-order chi connectivity index (χ1) is 7.55. The van der Waals surface area contributed by atoms with Crippen LogP contribution in [-0.4, -0.2) is 25.3 Å². The predicted octanol–water partition coefficient (Wildman–Crippen LogP) is 2.62. The fourth-order valence-corrected chi connectivity index (χ4v) is 3.69. The van der Waals surface area contributed by atoms with Crippen molar-refractivity contribution in [1.29, 1.82) is 0 Å². The van der Waals surface area contributed by atoms with Gasteiger partial charge >= 0.3 is 0 Å². The van der Waals surface area contributed by atoms with Gasteiger partial charge in [0.1, 0.15) is 0 Å². The Hall–Kier alpha value is -0.390. The lowest BCUT2D eigenvalue weighted by Crippen LogP contribution is -2.32. The summed E-state index contributed by atoms with van der Waals surface area (Å²) >= 11 is 3.30. The number of benzene rings is 1. The van der Waals surface area contributed by atoms with Gasteiger partial charge in [-0.05, 0) is 37.1 Å². The van der Waals surface area contributed by atoms with Gasteiger partial charge in [-0.15, -0.1) is 0 Å². The normalized spacial score (nSPS) is 16.7. The maximum absolute atomic E-state index is 12.3. The maximum Gasteiger partial charge on any atom is 0.243 e. The molecule has 0 unspecified atom stereocenters. The molecule has 1 aliphatic rings. The monoisotopic (exact) mass is 303 g/mol. The van der Waals surface area contributed by atoms with E-state index in [9.17, 15) is 8.42 Å². The molecule has 0 N–H and O–H groups in total. The zero-order valence-corrected chi connectivity index (χ0v) is 11.5. The summed E-state index contributed by atoms with van der Waals surface area (Å²) in [5.74, 6) is 0. The predicted molar refractivity (Wildman–Crippen MR) is 66.7 cm³/mol. The van der Waals surface area contributed by atoms with Crippen LogP contribution in [0.15, 0.2) is 33.6 Å². The second-order valence-electron chi connectivity index (χ2n) is 3.89. The van der Waals surface area contributed by atoms with Crippen molar-refractivity contribution in [2.24, 2.45) is 0 Å². The smallest absolute Gasteiger partial charge is 0.207 e. The molecule has 0 aliphatic heterocycles. The Morgan fingerprint density at radius 2 is 1.88 bits per heavy atom. The second kappa shape index (κ2) is 4.47. The summed E-state index contributed by atoms with van der Waals surface area (Å²) in [6.07, 6.45) is 1.98. The fraction of sp³-hybridized carbons (Fsp3) is 0.455. The van der Waals surface area contributed by atoms with Gasteiger partial charge in [0.2, 0.25) is 10.0 Å². The lowest BCUT2D eigenvalue weighted by molar-refractivity contribution is 0.421. The van der Waals surface area contributed by atoms with Crippen LogP contribution in [0.25, 0.3) is 0 Å². The van der Waals surface area contributed by atoms with Gasteiger partial charge < -0.3 is 0 Å². The van der Waals surface area contributed by atoms with Crippen molar-refractivity contribution >= 4 is 26.0 Å². The van der Waals surface area contributed by atoms with Gasteiger partial charge in [0.05, 0.1) is 4.90 Å². The zero-order valence-electron chi connectivity index (χ0n) is 9.06. The number of nitrogens with zero attached hydrogens (tertiary/aromatic N) is 1. The largest absolute Gasteiger partial charge is 0.243 e. The van der Waals surface area contributed by atoms with Gasteiger partial charge in [0.15, 0.2) is 0 Å². The molecule has 2 rings (SSSR count). The standard InChI is InChI=1S/C11H14BrNO2S/c1-2-13(10-5-6-10)16(14,15)11-7-3-9(12)4-8-11/h3-4,7-8,10H,2,5-6H2,1H3. The van der Waals surface area contributed by atoms with Crippen molar-refractivity contribution in [3.63, 3.8) is 0 Å². The third-order valence-electron chi connectivity index (χ3n) is 2.69. The van der Waals surface area contributed by atoms with E-state index in [0.717, 1.165) is 17.3 Å².